The van der Waals surface area contributed by atoms with E-state index in [1.54, 1.807) is 14.0 Å². The molecule has 0 heterocycles. The highest BCUT2D eigenvalue weighted by Gasteiger charge is 2.18. The first-order valence-electron chi connectivity index (χ1n) is 6.23. The second kappa shape index (κ2) is 7.13. The van der Waals surface area contributed by atoms with Gasteiger partial charge in [-0.2, -0.15) is 0 Å². The molecule has 4 nitrogen and oxygen atoms in total. The molecule has 1 aromatic carbocycles. The summed E-state index contributed by atoms with van der Waals surface area (Å²) in [5, 5.41) is 9.23. The lowest BCUT2D eigenvalue weighted by molar-refractivity contribution is -0.132. The van der Waals surface area contributed by atoms with Gasteiger partial charge in [0, 0.05) is 13.6 Å². The minimum Gasteiger partial charge on any atom is -0.392 e. The number of hydrogen-bond acceptors (Lipinski definition) is 3. The van der Waals surface area contributed by atoms with Crippen LogP contribution in [0.25, 0.3) is 0 Å². The first-order chi connectivity index (χ1) is 8.50. The van der Waals surface area contributed by atoms with Crippen LogP contribution in [0.2, 0.25) is 0 Å². The van der Waals surface area contributed by atoms with Crippen molar-refractivity contribution in [2.45, 2.75) is 31.9 Å². The van der Waals surface area contributed by atoms with E-state index in [4.69, 9.17) is 5.73 Å². The van der Waals surface area contributed by atoms with Crippen LogP contribution in [0.4, 0.5) is 0 Å². The number of rotatable bonds is 6. The first kappa shape index (κ1) is 14.7. The predicted octanol–water partition coefficient (Wildman–Crippen LogP) is 0.786. The summed E-state index contributed by atoms with van der Waals surface area (Å²) < 4.78 is 0. The van der Waals surface area contributed by atoms with E-state index in [-0.39, 0.29) is 5.91 Å². The number of carbonyl (C=O) groups excluding carboxylic acids is 1. The SMILES string of the molecule is CC(O)CN(C)C(=O)C(N)CCc1ccccc1. The number of amides is 1. The molecule has 1 rings (SSSR count). The third kappa shape index (κ3) is 4.85. The lowest BCUT2D eigenvalue weighted by Crippen LogP contribution is -2.44. The van der Waals surface area contributed by atoms with E-state index in [1.807, 2.05) is 30.3 Å². The molecular weight excluding hydrogens is 228 g/mol. The molecule has 0 aromatic heterocycles. The number of benzene rings is 1. The summed E-state index contributed by atoms with van der Waals surface area (Å²) in [6, 6.07) is 9.46. The van der Waals surface area contributed by atoms with Crippen molar-refractivity contribution in [2.75, 3.05) is 13.6 Å². The Morgan fingerprint density at radius 2 is 2.00 bits per heavy atom. The van der Waals surface area contributed by atoms with Crippen molar-refractivity contribution in [3.05, 3.63) is 35.9 Å². The smallest absolute Gasteiger partial charge is 0.239 e. The van der Waals surface area contributed by atoms with Gasteiger partial charge in [0.1, 0.15) is 0 Å². The van der Waals surface area contributed by atoms with Gasteiger partial charge in [0.15, 0.2) is 0 Å². The number of carbonyl (C=O) groups is 1. The number of aliphatic hydroxyl groups excluding tert-OH is 1. The highest BCUT2D eigenvalue weighted by atomic mass is 16.3. The van der Waals surface area contributed by atoms with Gasteiger partial charge in [-0.25, -0.2) is 0 Å². The largest absolute Gasteiger partial charge is 0.392 e. The van der Waals surface area contributed by atoms with Crippen LogP contribution < -0.4 is 5.73 Å². The Kier molecular flexibility index (Phi) is 5.82. The van der Waals surface area contributed by atoms with E-state index in [9.17, 15) is 9.90 Å². The van der Waals surface area contributed by atoms with Gasteiger partial charge in [0.05, 0.1) is 12.1 Å². The molecule has 2 atom stereocenters. The molecule has 0 aliphatic rings. The molecule has 0 radical (unpaired) electrons. The van der Waals surface area contributed by atoms with E-state index in [2.05, 4.69) is 0 Å². The normalized spacial score (nSPS) is 14.0. The Balaban J connectivity index is 2.40. The second-order valence-electron chi connectivity index (χ2n) is 4.70. The Morgan fingerprint density at radius 1 is 1.39 bits per heavy atom. The lowest BCUT2D eigenvalue weighted by Gasteiger charge is -2.22. The Bertz CT molecular complexity index is 365. The average Bonchev–Trinajstić information content (AvgIpc) is 2.35. The van der Waals surface area contributed by atoms with Crippen LogP contribution in [-0.4, -0.2) is 41.7 Å². The van der Waals surface area contributed by atoms with E-state index in [0.29, 0.717) is 13.0 Å². The molecule has 0 spiro atoms. The molecule has 100 valence electrons. The Labute approximate surface area is 108 Å². The molecule has 4 heteroatoms. The Hall–Kier alpha value is -1.39. The van der Waals surface area contributed by atoms with Crippen LogP contribution in [0.5, 0.6) is 0 Å². The number of hydrogen-bond donors (Lipinski definition) is 2. The second-order valence-corrected chi connectivity index (χ2v) is 4.70. The van der Waals surface area contributed by atoms with Crippen LogP contribution in [0.15, 0.2) is 30.3 Å². The maximum atomic E-state index is 11.9. The van der Waals surface area contributed by atoms with Crippen molar-refractivity contribution in [3.63, 3.8) is 0 Å². The van der Waals surface area contributed by atoms with E-state index >= 15 is 0 Å². The summed E-state index contributed by atoms with van der Waals surface area (Å²) in [5.41, 5.74) is 7.05. The maximum Gasteiger partial charge on any atom is 0.239 e. The molecule has 0 aliphatic carbocycles. The molecule has 0 saturated heterocycles. The third-order valence-corrected chi connectivity index (χ3v) is 2.82. The van der Waals surface area contributed by atoms with Gasteiger partial charge in [0.25, 0.3) is 0 Å². The van der Waals surface area contributed by atoms with Gasteiger partial charge in [0.2, 0.25) is 5.91 Å². The fourth-order valence-corrected chi connectivity index (χ4v) is 1.86. The Morgan fingerprint density at radius 3 is 2.56 bits per heavy atom. The summed E-state index contributed by atoms with van der Waals surface area (Å²) in [7, 11) is 1.66. The van der Waals surface area contributed by atoms with Gasteiger partial charge in [-0.05, 0) is 25.3 Å². The van der Waals surface area contributed by atoms with Crippen molar-refractivity contribution in [1.82, 2.24) is 4.90 Å². The monoisotopic (exact) mass is 250 g/mol. The van der Waals surface area contributed by atoms with Crippen molar-refractivity contribution < 1.29 is 9.90 Å². The van der Waals surface area contributed by atoms with Gasteiger partial charge in [-0.15, -0.1) is 0 Å². The van der Waals surface area contributed by atoms with E-state index in [1.165, 1.54) is 10.5 Å². The summed E-state index contributed by atoms with van der Waals surface area (Å²) >= 11 is 0. The number of aliphatic hydroxyl groups is 1. The van der Waals surface area contributed by atoms with E-state index in [0.717, 1.165) is 6.42 Å². The zero-order valence-corrected chi connectivity index (χ0v) is 11.0. The van der Waals surface area contributed by atoms with Gasteiger partial charge < -0.3 is 15.7 Å². The molecular formula is C14H22N2O2. The van der Waals surface area contributed by atoms with E-state index < -0.39 is 12.1 Å². The van der Waals surface area contributed by atoms with Gasteiger partial charge in [-0.1, -0.05) is 30.3 Å². The van der Waals surface area contributed by atoms with Crippen molar-refractivity contribution in [3.8, 4) is 0 Å². The van der Waals surface area contributed by atoms with Crippen molar-refractivity contribution in [2.24, 2.45) is 5.73 Å². The molecule has 1 aromatic rings. The highest BCUT2D eigenvalue weighted by Crippen LogP contribution is 2.05. The number of nitrogens with zero attached hydrogens (tertiary/aromatic N) is 1. The average molecular weight is 250 g/mol. The van der Waals surface area contributed by atoms with Crippen LogP contribution in [0.1, 0.15) is 18.9 Å². The fourth-order valence-electron chi connectivity index (χ4n) is 1.86. The topological polar surface area (TPSA) is 66.6 Å². The fraction of sp³-hybridized carbons (Fsp3) is 0.500. The molecule has 3 N–H and O–H groups in total. The molecule has 1 amide bonds. The zero-order chi connectivity index (χ0) is 13.5. The summed E-state index contributed by atoms with van der Waals surface area (Å²) in [6.45, 7) is 1.97. The quantitative estimate of drug-likeness (QED) is 0.784. The van der Waals surface area contributed by atoms with Crippen molar-refractivity contribution >= 4 is 5.91 Å². The summed E-state index contributed by atoms with van der Waals surface area (Å²) in [4.78, 5) is 13.4. The zero-order valence-electron chi connectivity index (χ0n) is 11.0. The minimum absolute atomic E-state index is 0.119. The van der Waals surface area contributed by atoms with Crippen LogP contribution in [-0.2, 0) is 11.2 Å². The highest BCUT2D eigenvalue weighted by molar-refractivity contribution is 5.81. The van der Waals surface area contributed by atoms with Gasteiger partial charge >= 0.3 is 0 Å². The maximum absolute atomic E-state index is 11.9. The van der Waals surface area contributed by atoms with Crippen LogP contribution >= 0.6 is 0 Å². The molecule has 0 bridgehead atoms. The standard InChI is InChI=1S/C14H22N2O2/c1-11(17)10-16(2)14(18)13(15)9-8-12-6-4-3-5-7-12/h3-7,11,13,17H,8-10,15H2,1-2H3. The van der Waals surface area contributed by atoms with Crippen LogP contribution in [0, 0.1) is 0 Å². The number of likely N-dealkylation sites (N-methyl/N-ethyl adjacent to an activating group) is 1. The first-order valence-corrected chi connectivity index (χ1v) is 6.23. The molecule has 0 fully saturated rings. The molecule has 0 saturated carbocycles. The number of nitrogens with two attached hydrogens (primary N) is 1. The minimum atomic E-state index is -0.528. The lowest BCUT2D eigenvalue weighted by atomic mass is 10.0. The third-order valence-electron chi connectivity index (χ3n) is 2.82. The van der Waals surface area contributed by atoms with Gasteiger partial charge in [-0.3, -0.25) is 4.79 Å². The summed E-state index contributed by atoms with van der Waals surface area (Å²) in [6.07, 6.45) is 0.878. The van der Waals surface area contributed by atoms with Crippen LogP contribution in [0.3, 0.4) is 0 Å². The predicted molar refractivity (Wildman–Crippen MR) is 72.1 cm³/mol. The molecule has 2 unspecified atom stereocenters. The summed E-state index contributed by atoms with van der Waals surface area (Å²) in [5.74, 6) is -0.119. The number of aryl methyl sites for hydroxylation is 1. The molecule has 0 aliphatic heterocycles. The molecule has 18 heavy (non-hydrogen) atoms. The van der Waals surface area contributed by atoms with Crippen molar-refractivity contribution in [1.29, 1.82) is 0 Å².